The third-order valence-corrected chi connectivity index (χ3v) is 7.53. The van der Waals surface area contributed by atoms with Crippen molar-refractivity contribution in [2.24, 2.45) is 0 Å². The number of hydrogen-bond acceptors (Lipinski definition) is 6. The van der Waals surface area contributed by atoms with Crippen LogP contribution in [0.2, 0.25) is 0 Å². The molecule has 0 amide bonds. The summed E-state index contributed by atoms with van der Waals surface area (Å²) in [6.07, 6.45) is -5.39. The number of benzene rings is 3. The van der Waals surface area contributed by atoms with Gasteiger partial charge in [0.2, 0.25) is 0 Å². The smallest absolute Gasteiger partial charge is 0.204 e. The molecule has 0 fully saturated rings. The summed E-state index contributed by atoms with van der Waals surface area (Å²) in [5.41, 5.74) is -6.91. The fourth-order valence-corrected chi connectivity index (χ4v) is 5.63. The van der Waals surface area contributed by atoms with Crippen LogP contribution in [0.1, 0.15) is 44.5 Å². The highest BCUT2D eigenvalue weighted by molar-refractivity contribution is 6.29. The molecule has 0 spiro atoms. The number of nitriles is 6. The molecule has 0 heterocycles. The van der Waals surface area contributed by atoms with Gasteiger partial charge in [0, 0.05) is 33.4 Å². The van der Waals surface area contributed by atoms with E-state index < -0.39 is 68.4 Å². The molecule has 0 saturated heterocycles. The summed E-state index contributed by atoms with van der Waals surface area (Å²) in [5.74, 6) is -6.65. The van der Waals surface area contributed by atoms with E-state index in [2.05, 4.69) is 0 Å². The molecule has 0 bridgehead atoms. The molecule has 0 unspecified atom stereocenters. The predicted molar refractivity (Wildman–Crippen MR) is 150 cm³/mol. The van der Waals surface area contributed by atoms with Crippen molar-refractivity contribution in [3.8, 4) is 36.4 Å². The Bertz CT molecular complexity index is 2350. The van der Waals surface area contributed by atoms with Crippen molar-refractivity contribution >= 4 is 33.4 Å². The molecule has 5 rings (SSSR count). The minimum absolute atomic E-state index is 0.0493. The van der Waals surface area contributed by atoms with Gasteiger partial charge in [-0.25, -0.2) is 17.6 Å². The fraction of sp³-hybridized carbons (Fsp3) is 0.0588. The molecule has 0 aliphatic heterocycles. The molecule has 0 aromatic heterocycles. The maximum Gasteiger partial charge on any atom is 0.419 e. The number of fused-ring (bicyclic) bond motifs is 2. The van der Waals surface area contributed by atoms with Crippen molar-refractivity contribution < 1.29 is 30.7 Å². The Morgan fingerprint density at radius 3 is 1.34 bits per heavy atom. The lowest BCUT2D eigenvalue weighted by Gasteiger charge is -2.14. The van der Waals surface area contributed by atoms with Crippen molar-refractivity contribution in [3.05, 3.63) is 115 Å². The van der Waals surface area contributed by atoms with Crippen molar-refractivity contribution in [1.29, 1.82) is 31.6 Å². The van der Waals surface area contributed by atoms with E-state index in [1.165, 1.54) is 25.1 Å². The Morgan fingerprint density at radius 2 is 0.957 bits per heavy atom. The Kier molecular flexibility index (Phi) is 7.51. The maximum atomic E-state index is 14.6. The SMILES string of the molecule is Cc1cc(C2=C(C#N)c3cc4c(cc3C2=C(C#N)C#N)C(=C(C#N)C#N)C(c2cc(F)c(F)c(C(F)(F)F)c2)=C4C#N)cc(F)c1F. The van der Waals surface area contributed by atoms with Crippen LogP contribution in [0.15, 0.2) is 47.5 Å². The van der Waals surface area contributed by atoms with Crippen LogP contribution in [0.3, 0.4) is 0 Å². The van der Waals surface area contributed by atoms with E-state index >= 15 is 0 Å². The topological polar surface area (TPSA) is 143 Å². The lowest BCUT2D eigenvalue weighted by molar-refractivity contribution is -0.140. The van der Waals surface area contributed by atoms with E-state index in [1.54, 1.807) is 30.3 Å². The van der Waals surface area contributed by atoms with E-state index in [0.29, 0.717) is 6.07 Å². The van der Waals surface area contributed by atoms with Gasteiger partial charge in [0.25, 0.3) is 0 Å². The lowest BCUT2D eigenvalue weighted by Crippen LogP contribution is -2.10. The molecule has 224 valence electrons. The second-order valence-electron chi connectivity index (χ2n) is 10.0. The van der Waals surface area contributed by atoms with Crippen LogP contribution >= 0.6 is 0 Å². The molecule has 0 atom stereocenters. The van der Waals surface area contributed by atoms with Gasteiger partial charge in [0.15, 0.2) is 23.3 Å². The molecule has 0 saturated carbocycles. The van der Waals surface area contributed by atoms with Gasteiger partial charge in [0.05, 0.1) is 16.7 Å². The van der Waals surface area contributed by atoms with Crippen LogP contribution in [0.25, 0.3) is 33.4 Å². The third-order valence-electron chi connectivity index (χ3n) is 7.53. The number of allylic oxidation sites excluding steroid dienone is 8. The second-order valence-corrected chi connectivity index (χ2v) is 10.0. The average molecular weight is 634 g/mol. The van der Waals surface area contributed by atoms with Gasteiger partial charge in [-0.2, -0.15) is 44.7 Å². The quantitative estimate of drug-likeness (QED) is 0.206. The van der Waals surface area contributed by atoms with Crippen LogP contribution in [0.4, 0.5) is 30.7 Å². The predicted octanol–water partition coefficient (Wildman–Crippen LogP) is 8.07. The minimum atomic E-state index is -5.39. The van der Waals surface area contributed by atoms with Gasteiger partial charge in [-0.15, -0.1) is 0 Å². The van der Waals surface area contributed by atoms with Gasteiger partial charge in [-0.3, -0.25) is 0 Å². The number of halogens is 7. The number of aryl methyl sites for hydroxylation is 1. The van der Waals surface area contributed by atoms with Crippen molar-refractivity contribution in [3.63, 3.8) is 0 Å². The van der Waals surface area contributed by atoms with Crippen molar-refractivity contribution in [1.82, 2.24) is 0 Å². The second kappa shape index (κ2) is 11.2. The largest absolute Gasteiger partial charge is 0.419 e. The highest BCUT2D eigenvalue weighted by atomic mass is 19.4. The van der Waals surface area contributed by atoms with E-state index in [0.717, 1.165) is 6.07 Å². The highest BCUT2D eigenvalue weighted by Crippen LogP contribution is 2.55. The summed E-state index contributed by atoms with van der Waals surface area (Å²) in [6.45, 7) is 1.24. The van der Waals surface area contributed by atoms with Gasteiger partial charge in [-0.1, -0.05) is 0 Å². The molecule has 2 aliphatic carbocycles. The first-order valence-corrected chi connectivity index (χ1v) is 12.9. The molecule has 3 aromatic carbocycles. The van der Waals surface area contributed by atoms with Crippen LogP contribution in [0, 0.1) is 98.2 Å². The zero-order chi connectivity index (χ0) is 34.5. The number of hydrogen-bond donors (Lipinski definition) is 0. The third kappa shape index (κ3) is 4.68. The molecule has 0 radical (unpaired) electrons. The van der Waals surface area contributed by atoms with E-state index in [9.17, 15) is 62.3 Å². The maximum absolute atomic E-state index is 14.6. The number of rotatable bonds is 2. The molecule has 2 aliphatic rings. The van der Waals surface area contributed by atoms with Gasteiger partial charge >= 0.3 is 6.18 Å². The zero-order valence-electron chi connectivity index (χ0n) is 23.3. The average Bonchev–Trinajstić information content (AvgIpc) is 3.52. The number of nitrogens with zero attached hydrogens (tertiary/aromatic N) is 6. The molecule has 47 heavy (non-hydrogen) atoms. The summed E-state index contributed by atoms with van der Waals surface area (Å²) >= 11 is 0. The Balaban J connectivity index is 1.96. The molecule has 3 aromatic rings. The Labute approximate surface area is 260 Å². The first-order chi connectivity index (χ1) is 22.3. The molecule has 0 N–H and O–H groups in total. The van der Waals surface area contributed by atoms with Crippen LogP contribution < -0.4 is 0 Å². The first-order valence-electron chi connectivity index (χ1n) is 12.9. The molecular formula is C34H9F7N6. The zero-order valence-corrected chi connectivity index (χ0v) is 23.3. The first kappa shape index (κ1) is 31.5. The van der Waals surface area contributed by atoms with Crippen LogP contribution in [-0.4, -0.2) is 0 Å². The minimum Gasteiger partial charge on any atom is -0.204 e. The normalized spacial score (nSPS) is 13.1. The summed E-state index contributed by atoms with van der Waals surface area (Å²) in [6, 6.07) is 15.0. The van der Waals surface area contributed by atoms with Crippen molar-refractivity contribution in [2.45, 2.75) is 13.1 Å². The van der Waals surface area contributed by atoms with E-state index in [1.807, 2.05) is 6.07 Å². The van der Waals surface area contributed by atoms with Gasteiger partial charge in [0.1, 0.15) is 47.6 Å². The van der Waals surface area contributed by atoms with Crippen molar-refractivity contribution in [2.75, 3.05) is 0 Å². The van der Waals surface area contributed by atoms with E-state index in [-0.39, 0.29) is 56.2 Å². The molecule has 13 heteroatoms. The van der Waals surface area contributed by atoms with Gasteiger partial charge < -0.3 is 0 Å². The molecular weight excluding hydrogens is 625 g/mol. The highest BCUT2D eigenvalue weighted by Gasteiger charge is 2.40. The number of alkyl halides is 3. The summed E-state index contributed by atoms with van der Waals surface area (Å²) < 4.78 is 98.6. The lowest BCUT2D eigenvalue weighted by atomic mass is 9.88. The summed E-state index contributed by atoms with van der Waals surface area (Å²) in [5, 5.41) is 59.7. The monoisotopic (exact) mass is 634 g/mol. The van der Waals surface area contributed by atoms with E-state index in [4.69, 9.17) is 0 Å². The fourth-order valence-electron chi connectivity index (χ4n) is 5.63. The standard InChI is InChI=1S/C34H9F7N6/c1-14-2-15(4-26(35)32(14)37)28-23(12-46)19-6-20-22(7-21(19)30(28)17(8-42)9-43)31(18(10-44)11-45)29(24(20)13-47)16-3-25(34(39,40)41)33(38)27(36)5-16/h2-7H,1H3. The summed E-state index contributed by atoms with van der Waals surface area (Å²) in [4.78, 5) is 0. The van der Waals surface area contributed by atoms with Crippen LogP contribution in [0.5, 0.6) is 0 Å². The van der Waals surface area contributed by atoms with Crippen LogP contribution in [-0.2, 0) is 6.18 Å². The van der Waals surface area contributed by atoms with Gasteiger partial charge in [-0.05, 0) is 71.1 Å². The Hall–Kier alpha value is -6.93. The Morgan fingerprint density at radius 1 is 0.553 bits per heavy atom. The molecule has 6 nitrogen and oxygen atoms in total. The summed E-state index contributed by atoms with van der Waals surface area (Å²) in [7, 11) is 0.